The van der Waals surface area contributed by atoms with Crippen LogP contribution in [0.3, 0.4) is 0 Å². The van der Waals surface area contributed by atoms with Crippen molar-refractivity contribution in [2.45, 2.75) is 6.43 Å². The maximum atomic E-state index is 12.5. The summed E-state index contributed by atoms with van der Waals surface area (Å²) in [5.74, 6) is -0.213. The molecule has 1 aromatic heterocycles. The number of aromatic nitrogens is 2. The molecule has 10 heteroatoms. The summed E-state index contributed by atoms with van der Waals surface area (Å²) in [5.41, 5.74) is 0.945. The van der Waals surface area contributed by atoms with Crippen LogP contribution in [-0.4, -0.2) is 69.6 Å². The predicted octanol–water partition coefficient (Wildman–Crippen LogP) is 1.80. The van der Waals surface area contributed by atoms with Gasteiger partial charge in [-0.3, -0.25) is 19.8 Å². The van der Waals surface area contributed by atoms with Crippen LogP contribution in [0.25, 0.3) is 5.69 Å². The Morgan fingerprint density at radius 1 is 1.19 bits per heavy atom. The van der Waals surface area contributed by atoms with Crippen molar-refractivity contribution in [1.29, 1.82) is 0 Å². The number of amides is 1. The summed E-state index contributed by atoms with van der Waals surface area (Å²) in [6, 6.07) is 5.81. The molecule has 2 aromatic rings. The van der Waals surface area contributed by atoms with E-state index in [1.54, 1.807) is 28.1 Å². The average molecular weight is 365 g/mol. The van der Waals surface area contributed by atoms with Crippen molar-refractivity contribution in [3.63, 3.8) is 0 Å². The van der Waals surface area contributed by atoms with Crippen molar-refractivity contribution in [2.24, 2.45) is 0 Å². The highest BCUT2D eigenvalue weighted by molar-refractivity contribution is 5.93. The Balaban J connectivity index is 1.64. The van der Waals surface area contributed by atoms with Crippen LogP contribution < -0.4 is 0 Å². The van der Waals surface area contributed by atoms with Crippen LogP contribution in [0, 0.1) is 10.1 Å². The van der Waals surface area contributed by atoms with Gasteiger partial charge in [0.05, 0.1) is 28.9 Å². The van der Waals surface area contributed by atoms with Crippen molar-refractivity contribution in [2.75, 3.05) is 32.7 Å². The van der Waals surface area contributed by atoms with Gasteiger partial charge in [0.25, 0.3) is 18.0 Å². The second-order valence-corrected chi connectivity index (χ2v) is 5.93. The van der Waals surface area contributed by atoms with Crippen LogP contribution >= 0.6 is 0 Å². The summed E-state index contributed by atoms with van der Waals surface area (Å²) in [7, 11) is 0. The lowest BCUT2D eigenvalue weighted by Gasteiger charge is -2.34. The number of hydrogen-bond acceptors (Lipinski definition) is 5. The van der Waals surface area contributed by atoms with Crippen molar-refractivity contribution in [1.82, 2.24) is 19.6 Å². The Bertz CT molecular complexity index is 785. The highest BCUT2D eigenvalue weighted by Gasteiger charge is 2.24. The highest BCUT2D eigenvalue weighted by atomic mass is 19.3. The second kappa shape index (κ2) is 7.56. The van der Waals surface area contributed by atoms with Gasteiger partial charge in [0.15, 0.2) is 0 Å². The minimum atomic E-state index is -2.38. The summed E-state index contributed by atoms with van der Waals surface area (Å²) < 4.78 is 26.3. The van der Waals surface area contributed by atoms with Gasteiger partial charge in [-0.05, 0) is 12.1 Å². The Labute approximate surface area is 147 Å². The molecule has 26 heavy (non-hydrogen) atoms. The third-order valence-electron chi connectivity index (χ3n) is 4.21. The predicted molar refractivity (Wildman–Crippen MR) is 88.6 cm³/mol. The fourth-order valence-electron chi connectivity index (χ4n) is 2.81. The summed E-state index contributed by atoms with van der Waals surface area (Å²) in [4.78, 5) is 26.0. The zero-order chi connectivity index (χ0) is 18.7. The maximum absolute atomic E-state index is 12.5. The van der Waals surface area contributed by atoms with E-state index in [4.69, 9.17) is 0 Å². The molecule has 0 saturated carbocycles. The summed E-state index contributed by atoms with van der Waals surface area (Å²) in [6.07, 6.45) is 0.599. The van der Waals surface area contributed by atoms with E-state index in [-0.39, 0.29) is 18.1 Å². The second-order valence-electron chi connectivity index (χ2n) is 5.93. The number of hydrogen-bond donors (Lipinski definition) is 0. The molecule has 0 spiro atoms. The smallest absolute Gasteiger partial charge is 0.269 e. The maximum Gasteiger partial charge on any atom is 0.269 e. The summed E-state index contributed by atoms with van der Waals surface area (Å²) >= 11 is 0. The molecule has 0 aliphatic carbocycles. The van der Waals surface area contributed by atoms with E-state index in [2.05, 4.69) is 5.10 Å². The first-order valence-corrected chi connectivity index (χ1v) is 8.03. The fourth-order valence-corrected chi connectivity index (χ4v) is 2.81. The Morgan fingerprint density at radius 3 is 2.42 bits per heavy atom. The molecule has 0 atom stereocenters. The zero-order valence-electron chi connectivity index (χ0n) is 13.8. The molecule has 0 unspecified atom stereocenters. The molecule has 1 aliphatic rings. The number of piperazine rings is 1. The first kappa shape index (κ1) is 17.9. The minimum absolute atomic E-state index is 0.0288. The molecule has 0 bridgehead atoms. The van der Waals surface area contributed by atoms with Crippen molar-refractivity contribution >= 4 is 11.6 Å². The van der Waals surface area contributed by atoms with Crippen LogP contribution in [0.2, 0.25) is 0 Å². The molecule has 0 N–H and O–H groups in total. The molecule has 138 valence electrons. The number of nitrogens with zero attached hydrogens (tertiary/aromatic N) is 5. The van der Waals surface area contributed by atoms with Crippen LogP contribution in [-0.2, 0) is 0 Å². The topological polar surface area (TPSA) is 84.5 Å². The first-order chi connectivity index (χ1) is 12.4. The van der Waals surface area contributed by atoms with Crippen LogP contribution in [0.15, 0.2) is 36.7 Å². The Morgan fingerprint density at radius 2 is 1.85 bits per heavy atom. The molecule has 1 fully saturated rings. The standard InChI is InChI=1S/C16H17F2N5O3/c17-15(18)11-20-5-7-21(8-6-20)16(24)12-9-19-22(10-12)13-1-3-14(4-2-13)23(25)26/h1-4,9-10,15H,5-8,11H2. The molecule has 2 heterocycles. The number of carbonyl (C=O) groups excluding carboxylic acids is 1. The molecular formula is C16H17F2N5O3. The molecule has 1 saturated heterocycles. The first-order valence-electron chi connectivity index (χ1n) is 8.03. The van der Waals surface area contributed by atoms with E-state index in [1.807, 2.05) is 0 Å². The van der Waals surface area contributed by atoms with E-state index in [0.29, 0.717) is 37.4 Å². The number of nitro groups is 1. The van der Waals surface area contributed by atoms with Gasteiger partial charge < -0.3 is 4.90 Å². The molecule has 3 rings (SSSR count). The van der Waals surface area contributed by atoms with Crippen molar-refractivity contribution in [3.8, 4) is 5.69 Å². The number of alkyl halides is 2. The van der Waals surface area contributed by atoms with Gasteiger partial charge >= 0.3 is 0 Å². The molecule has 0 radical (unpaired) electrons. The van der Waals surface area contributed by atoms with Crippen LogP contribution in [0.4, 0.5) is 14.5 Å². The SMILES string of the molecule is O=C(c1cnn(-c2ccc([N+](=O)[O-])cc2)c1)N1CCN(CC(F)F)CC1. The van der Waals surface area contributed by atoms with Gasteiger partial charge in [-0.25, -0.2) is 13.5 Å². The summed E-state index contributed by atoms with van der Waals surface area (Å²) in [6.45, 7) is 1.31. The van der Waals surface area contributed by atoms with Gasteiger partial charge in [-0.1, -0.05) is 0 Å². The molecule has 8 nitrogen and oxygen atoms in total. The molecule has 1 amide bonds. The number of nitro benzene ring substituents is 1. The molecule has 1 aliphatic heterocycles. The lowest BCUT2D eigenvalue weighted by Crippen LogP contribution is -2.49. The number of benzene rings is 1. The van der Waals surface area contributed by atoms with Crippen LogP contribution in [0.1, 0.15) is 10.4 Å². The number of non-ortho nitro benzene ring substituents is 1. The molecular weight excluding hydrogens is 348 g/mol. The van der Waals surface area contributed by atoms with E-state index >= 15 is 0 Å². The normalized spacial score (nSPS) is 15.4. The number of halogens is 2. The minimum Gasteiger partial charge on any atom is -0.336 e. The van der Waals surface area contributed by atoms with Crippen LogP contribution in [0.5, 0.6) is 0 Å². The van der Waals surface area contributed by atoms with Gasteiger partial charge in [-0.2, -0.15) is 5.10 Å². The third kappa shape index (κ3) is 4.02. The average Bonchev–Trinajstić information content (AvgIpc) is 3.11. The van der Waals surface area contributed by atoms with Gasteiger partial charge in [0.1, 0.15) is 0 Å². The zero-order valence-corrected chi connectivity index (χ0v) is 13.8. The van der Waals surface area contributed by atoms with E-state index in [9.17, 15) is 23.7 Å². The van der Waals surface area contributed by atoms with Gasteiger partial charge in [-0.15, -0.1) is 0 Å². The highest BCUT2D eigenvalue weighted by Crippen LogP contribution is 2.16. The van der Waals surface area contributed by atoms with Crippen molar-refractivity contribution < 1.29 is 18.5 Å². The van der Waals surface area contributed by atoms with Gasteiger partial charge in [0.2, 0.25) is 0 Å². The fraction of sp³-hybridized carbons (Fsp3) is 0.375. The van der Waals surface area contributed by atoms with E-state index < -0.39 is 11.3 Å². The van der Waals surface area contributed by atoms with Gasteiger partial charge in [0, 0.05) is 44.5 Å². The van der Waals surface area contributed by atoms with E-state index in [0.717, 1.165) is 0 Å². The molecule has 1 aromatic carbocycles. The van der Waals surface area contributed by atoms with Crippen molar-refractivity contribution in [3.05, 3.63) is 52.3 Å². The third-order valence-corrected chi connectivity index (χ3v) is 4.21. The Hall–Kier alpha value is -2.88. The van der Waals surface area contributed by atoms with E-state index in [1.165, 1.54) is 23.0 Å². The lowest BCUT2D eigenvalue weighted by atomic mass is 10.2. The monoisotopic (exact) mass is 365 g/mol. The summed E-state index contributed by atoms with van der Waals surface area (Å²) in [5, 5.41) is 14.8. The largest absolute Gasteiger partial charge is 0.336 e. The Kier molecular flexibility index (Phi) is 5.21. The quantitative estimate of drug-likeness (QED) is 0.596. The number of rotatable bonds is 5. The number of carbonyl (C=O) groups is 1. The lowest BCUT2D eigenvalue weighted by molar-refractivity contribution is -0.384.